The van der Waals surface area contributed by atoms with Gasteiger partial charge in [0.2, 0.25) is 0 Å². The smallest absolute Gasteiger partial charge is 0.156 e. The lowest BCUT2D eigenvalue weighted by molar-refractivity contribution is 0.562. The zero-order valence-electron chi connectivity index (χ0n) is 12.8. The molecule has 20 heavy (non-hydrogen) atoms. The van der Waals surface area contributed by atoms with Crippen LogP contribution in [-0.4, -0.2) is 31.2 Å². The lowest BCUT2D eigenvalue weighted by atomic mass is 10.2. The molecule has 0 aromatic heterocycles. The molecule has 1 N–H and O–H groups in total. The van der Waals surface area contributed by atoms with Crippen molar-refractivity contribution in [3.8, 4) is 0 Å². The Labute approximate surface area is 127 Å². The van der Waals surface area contributed by atoms with E-state index in [9.17, 15) is 8.42 Å². The lowest BCUT2D eigenvalue weighted by Gasteiger charge is -2.18. The van der Waals surface area contributed by atoms with Crippen LogP contribution in [0.4, 0.5) is 0 Å². The van der Waals surface area contributed by atoms with E-state index in [2.05, 4.69) is 36.5 Å². The Morgan fingerprint density at radius 1 is 1.15 bits per heavy atom. The van der Waals surface area contributed by atoms with Crippen LogP contribution in [-0.2, 0) is 16.4 Å². The fourth-order valence-corrected chi connectivity index (χ4v) is 3.94. The van der Waals surface area contributed by atoms with Crippen LogP contribution >= 0.6 is 11.8 Å². The van der Waals surface area contributed by atoms with E-state index in [0.29, 0.717) is 5.75 Å². The summed E-state index contributed by atoms with van der Waals surface area (Å²) < 4.78 is 23.3. The summed E-state index contributed by atoms with van der Waals surface area (Å²) >= 11 is 1.60. The average molecular weight is 316 g/mol. The second kappa shape index (κ2) is 7.48. The van der Waals surface area contributed by atoms with Crippen LogP contribution in [0, 0.1) is 0 Å². The molecule has 0 bridgehead atoms. The van der Waals surface area contributed by atoms with E-state index in [0.717, 1.165) is 18.0 Å². The highest BCUT2D eigenvalue weighted by atomic mass is 32.2. The van der Waals surface area contributed by atoms with Gasteiger partial charge in [-0.3, -0.25) is 0 Å². The first-order valence-corrected chi connectivity index (χ1v) is 9.55. The fourth-order valence-electron chi connectivity index (χ4n) is 1.55. The molecule has 0 spiro atoms. The summed E-state index contributed by atoms with van der Waals surface area (Å²) in [5.41, 5.74) is 1.25. The SMILES string of the molecule is CCNCc1ccc(SCCS(=O)(=O)C(C)(C)C)cc1. The van der Waals surface area contributed by atoms with E-state index in [4.69, 9.17) is 0 Å². The zero-order valence-corrected chi connectivity index (χ0v) is 14.4. The standard InChI is InChI=1S/C15H25NO2S2/c1-5-16-12-13-6-8-14(9-7-13)19-10-11-20(17,18)15(2,3)4/h6-9,16H,5,10-12H2,1-4H3. The molecule has 0 aliphatic heterocycles. The Balaban J connectivity index is 2.47. The fraction of sp³-hybridized carbons (Fsp3) is 0.600. The van der Waals surface area contributed by atoms with Gasteiger partial charge in [-0.05, 0) is 45.0 Å². The van der Waals surface area contributed by atoms with Crippen molar-refractivity contribution in [2.24, 2.45) is 0 Å². The van der Waals surface area contributed by atoms with Gasteiger partial charge < -0.3 is 5.32 Å². The second-order valence-corrected chi connectivity index (χ2v) is 9.73. The van der Waals surface area contributed by atoms with Gasteiger partial charge in [0.05, 0.1) is 10.5 Å². The average Bonchev–Trinajstić information content (AvgIpc) is 2.36. The predicted octanol–water partition coefficient (Wildman–Crippen LogP) is 3.10. The highest BCUT2D eigenvalue weighted by molar-refractivity contribution is 8.01. The summed E-state index contributed by atoms with van der Waals surface area (Å²) in [6.07, 6.45) is 0. The number of hydrogen-bond acceptors (Lipinski definition) is 4. The molecule has 0 saturated carbocycles. The molecule has 0 amide bonds. The van der Waals surface area contributed by atoms with Crippen LogP contribution in [0.2, 0.25) is 0 Å². The monoisotopic (exact) mass is 315 g/mol. The molecular weight excluding hydrogens is 290 g/mol. The minimum absolute atomic E-state index is 0.223. The van der Waals surface area contributed by atoms with E-state index in [1.807, 2.05) is 0 Å². The minimum atomic E-state index is -3.02. The number of sulfone groups is 1. The first-order valence-electron chi connectivity index (χ1n) is 6.91. The Morgan fingerprint density at radius 2 is 1.75 bits per heavy atom. The first kappa shape index (κ1) is 17.5. The molecule has 0 unspecified atom stereocenters. The Hall–Kier alpha value is -0.520. The molecule has 0 saturated heterocycles. The first-order chi connectivity index (χ1) is 9.26. The van der Waals surface area contributed by atoms with Gasteiger partial charge in [0.15, 0.2) is 9.84 Å². The van der Waals surface area contributed by atoms with Crippen molar-refractivity contribution in [3.05, 3.63) is 29.8 Å². The zero-order chi connectivity index (χ0) is 15.2. The minimum Gasteiger partial charge on any atom is -0.313 e. The van der Waals surface area contributed by atoms with Crippen LogP contribution in [0.5, 0.6) is 0 Å². The molecule has 0 atom stereocenters. The van der Waals surface area contributed by atoms with Crippen molar-refractivity contribution in [3.63, 3.8) is 0 Å². The van der Waals surface area contributed by atoms with Crippen molar-refractivity contribution < 1.29 is 8.42 Å². The van der Waals surface area contributed by atoms with E-state index in [-0.39, 0.29) is 5.75 Å². The van der Waals surface area contributed by atoms with Gasteiger partial charge in [-0.25, -0.2) is 8.42 Å². The molecule has 0 fully saturated rings. The summed E-state index contributed by atoms with van der Waals surface area (Å²) in [4.78, 5) is 1.12. The van der Waals surface area contributed by atoms with Crippen LogP contribution in [0.3, 0.4) is 0 Å². The van der Waals surface area contributed by atoms with Gasteiger partial charge in [-0.15, -0.1) is 11.8 Å². The van der Waals surface area contributed by atoms with E-state index in [1.54, 1.807) is 32.5 Å². The van der Waals surface area contributed by atoms with E-state index in [1.165, 1.54) is 5.56 Å². The predicted molar refractivity (Wildman–Crippen MR) is 88.1 cm³/mol. The van der Waals surface area contributed by atoms with Crippen LogP contribution in [0.15, 0.2) is 29.2 Å². The van der Waals surface area contributed by atoms with Gasteiger partial charge in [-0.1, -0.05) is 19.1 Å². The van der Waals surface area contributed by atoms with Gasteiger partial charge in [0.25, 0.3) is 0 Å². The van der Waals surface area contributed by atoms with Crippen molar-refractivity contribution >= 4 is 21.6 Å². The molecule has 114 valence electrons. The van der Waals surface area contributed by atoms with Crippen LogP contribution in [0.25, 0.3) is 0 Å². The topological polar surface area (TPSA) is 46.2 Å². The van der Waals surface area contributed by atoms with E-state index >= 15 is 0 Å². The molecule has 5 heteroatoms. The van der Waals surface area contributed by atoms with Crippen LogP contribution < -0.4 is 5.32 Å². The summed E-state index contributed by atoms with van der Waals surface area (Å²) in [6, 6.07) is 8.29. The number of nitrogens with one attached hydrogen (secondary N) is 1. The molecule has 1 aromatic carbocycles. The molecule has 1 aromatic rings. The largest absolute Gasteiger partial charge is 0.313 e. The summed E-state index contributed by atoms with van der Waals surface area (Å²) in [5, 5.41) is 3.28. The number of thioether (sulfide) groups is 1. The maximum atomic E-state index is 12.0. The third-order valence-electron chi connectivity index (χ3n) is 3.06. The van der Waals surface area contributed by atoms with Crippen molar-refractivity contribution in [1.82, 2.24) is 5.32 Å². The molecule has 0 radical (unpaired) electrons. The Morgan fingerprint density at radius 3 is 2.25 bits per heavy atom. The van der Waals surface area contributed by atoms with E-state index < -0.39 is 14.6 Å². The lowest BCUT2D eigenvalue weighted by Crippen LogP contribution is -2.31. The molecule has 0 heterocycles. The number of rotatable bonds is 7. The summed E-state index contributed by atoms with van der Waals surface area (Å²) in [5.74, 6) is 0.826. The maximum Gasteiger partial charge on any atom is 0.156 e. The second-order valence-electron chi connectivity index (χ2n) is 5.70. The van der Waals surface area contributed by atoms with Gasteiger partial charge >= 0.3 is 0 Å². The van der Waals surface area contributed by atoms with Crippen LogP contribution in [0.1, 0.15) is 33.3 Å². The van der Waals surface area contributed by atoms with Crippen molar-refractivity contribution in [2.45, 2.75) is 43.9 Å². The third-order valence-corrected chi connectivity index (χ3v) is 6.94. The maximum absolute atomic E-state index is 12.0. The van der Waals surface area contributed by atoms with Gasteiger partial charge in [0, 0.05) is 17.2 Å². The third kappa shape index (κ3) is 5.46. The normalized spacial score (nSPS) is 12.6. The molecule has 1 rings (SSSR count). The summed E-state index contributed by atoms with van der Waals surface area (Å²) in [7, 11) is -3.02. The van der Waals surface area contributed by atoms with Gasteiger partial charge in [-0.2, -0.15) is 0 Å². The van der Waals surface area contributed by atoms with Gasteiger partial charge in [0.1, 0.15) is 0 Å². The molecule has 3 nitrogen and oxygen atoms in total. The van der Waals surface area contributed by atoms with Crippen molar-refractivity contribution in [1.29, 1.82) is 0 Å². The molecule has 0 aliphatic carbocycles. The highest BCUT2D eigenvalue weighted by Gasteiger charge is 2.28. The van der Waals surface area contributed by atoms with Crippen molar-refractivity contribution in [2.75, 3.05) is 18.1 Å². The number of benzene rings is 1. The summed E-state index contributed by atoms with van der Waals surface area (Å²) in [6.45, 7) is 9.18. The molecular formula is C15H25NO2S2. The highest BCUT2D eigenvalue weighted by Crippen LogP contribution is 2.22. The quantitative estimate of drug-likeness (QED) is 0.785. The Bertz CT molecular complexity index is 502. The molecule has 0 aliphatic rings. The Kier molecular flexibility index (Phi) is 6.55. The number of hydrogen-bond donors (Lipinski definition) is 1.